The highest BCUT2D eigenvalue weighted by Crippen LogP contribution is 2.05. The van der Waals surface area contributed by atoms with E-state index in [4.69, 9.17) is 4.74 Å². The minimum atomic E-state index is -0.545. The first-order chi connectivity index (χ1) is 11.0. The predicted molar refractivity (Wildman–Crippen MR) is 95.7 cm³/mol. The van der Waals surface area contributed by atoms with E-state index in [1.165, 1.54) is 11.1 Å². The number of aliphatic imine (C=N–C) groups is 1. The van der Waals surface area contributed by atoms with E-state index < -0.39 is 6.10 Å². The Kier molecular flexibility index (Phi) is 9.33. The Morgan fingerprint density at radius 1 is 1.26 bits per heavy atom. The Morgan fingerprint density at radius 2 is 2.04 bits per heavy atom. The van der Waals surface area contributed by atoms with Crippen molar-refractivity contribution in [3.8, 4) is 0 Å². The fraction of sp³-hybridized carbons (Fsp3) is 0.611. The molecule has 1 rings (SSSR count). The van der Waals surface area contributed by atoms with E-state index in [1.54, 1.807) is 0 Å². The molecule has 23 heavy (non-hydrogen) atoms. The summed E-state index contributed by atoms with van der Waals surface area (Å²) < 4.78 is 5.44. The van der Waals surface area contributed by atoms with Crippen molar-refractivity contribution in [2.75, 3.05) is 26.3 Å². The number of hydrogen-bond donors (Lipinski definition) is 3. The molecule has 0 radical (unpaired) electrons. The smallest absolute Gasteiger partial charge is 0.191 e. The van der Waals surface area contributed by atoms with Crippen LogP contribution in [0.5, 0.6) is 0 Å². The van der Waals surface area contributed by atoms with E-state index in [0.717, 1.165) is 6.54 Å². The van der Waals surface area contributed by atoms with Crippen LogP contribution >= 0.6 is 0 Å². The molecule has 0 saturated carbocycles. The van der Waals surface area contributed by atoms with Crippen LogP contribution in [-0.4, -0.2) is 43.5 Å². The lowest BCUT2D eigenvalue weighted by atomic mass is 10.1. The van der Waals surface area contributed by atoms with Crippen molar-refractivity contribution in [1.82, 2.24) is 10.6 Å². The van der Waals surface area contributed by atoms with Gasteiger partial charge in [0.05, 0.1) is 19.3 Å². The summed E-state index contributed by atoms with van der Waals surface area (Å²) in [5.41, 5.74) is 2.40. The van der Waals surface area contributed by atoms with Crippen LogP contribution in [0.1, 0.15) is 31.9 Å². The third kappa shape index (κ3) is 9.21. The molecule has 0 heterocycles. The van der Waals surface area contributed by atoms with Crippen molar-refractivity contribution in [2.24, 2.45) is 10.9 Å². The highest BCUT2D eigenvalue weighted by Gasteiger charge is 2.06. The molecule has 0 saturated heterocycles. The summed E-state index contributed by atoms with van der Waals surface area (Å²) in [6, 6.07) is 8.30. The molecule has 0 aliphatic heterocycles. The highest BCUT2D eigenvalue weighted by molar-refractivity contribution is 5.79. The number of aliphatic hydroxyl groups is 1. The fourth-order valence-corrected chi connectivity index (χ4v) is 2.04. The standard InChI is InChI=1S/C18H31N3O2/c1-5-19-18(20-10-16-8-6-7-15(4)9-16)21-11-17(22)13-23-12-14(2)3/h6-9,14,17,22H,5,10-13H2,1-4H3,(H2,19,20,21). The number of benzene rings is 1. The topological polar surface area (TPSA) is 65.9 Å². The van der Waals surface area contributed by atoms with E-state index in [0.29, 0.717) is 38.2 Å². The molecule has 0 spiro atoms. The molecule has 5 heteroatoms. The maximum absolute atomic E-state index is 9.93. The van der Waals surface area contributed by atoms with Crippen LogP contribution in [0.3, 0.4) is 0 Å². The summed E-state index contributed by atoms with van der Waals surface area (Å²) in [6.07, 6.45) is -0.545. The Labute approximate surface area is 140 Å². The highest BCUT2D eigenvalue weighted by atomic mass is 16.5. The molecule has 0 aliphatic carbocycles. The Hall–Kier alpha value is -1.59. The van der Waals surface area contributed by atoms with Crippen LogP contribution < -0.4 is 10.6 Å². The van der Waals surface area contributed by atoms with Crippen LogP contribution in [0.15, 0.2) is 29.3 Å². The SMILES string of the molecule is CCNC(=NCc1cccc(C)c1)NCC(O)COCC(C)C. The average Bonchev–Trinajstić information content (AvgIpc) is 2.50. The van der Waals surface area contributed by atoms with Crippen molar-refractivity contribution >= 4 is 5.96 Å². The summed E-state index contributed by atoms with van der Waals surface area (Å²) in [7, 11) is 0. The van der Waals surface area contributed by atoms with Gasteiger partial charge in [-0.05, 0) is 25.3 Å². The van der Waals surface area contributed by atoms with Gasteiger partial charge in [0.15, 0.2) is 5.96 Å². The second-order valence-corrected chi connectivity index (χ2v) is 6.15. The lowest BCUT2D eigenvalue weighted by Gasteiger charge is -2.16. The molecule has 0 amide bonds. The quantitative estimate of drug-likeness (QED) is 0.481. The molecule has 1 aromatic carbocycles. The maximum Gasteiger partial charge on any atom is 0.191 e. The average molecular weight is 321 g/mol. The first kappa shape index (κ1) is 19.5. The third-order valence-corrected chi connectivity index (χ3v) is 3.11. The zero-order valence-corrected chi connectivity index (χ0v) is 14.8. The number of guanidine groups is 1. The number of ether oxygens (including phenoxy) is 1. The van der Waals surface area contributed by atoms with Gasteiger partial charge in [-0.1, -0.05) is 43.7 Å². The molecule has 1 unspecified atom stereocenters. The summed E-state index contributed by atoms with van der Waals surface area (Å²) in [5, 5.41) is 16.3. The number of nitrogens with one attached hydrogen (secondary N) is 2. The monoisotopic (exact) mass is 321 g/mol. The van der Waals surface area contributed by atoms with Gasteiger partial charge < -0.3 is 20.5 Å². The summed E-state index contributed by atoms with van der Waals surface area (Å²) in [5.74, 6) is 1.18. The molecule has 0 bridgehead atoms. The zero-order valence-electron chi connectivity index (χ0n) is 14.8. The molecule has 130 valence electrons. The summed E-state index contributed by atoms with van der Waals surface area (Å²) >= 11 is 0. The molecule has 0 fully saturated rings. The summed E-state index contributed by atoms with van der Waals surface area (Å²) in [4.78, 5) is 4.55. The van der Waals surface area contributed by atoms with E-state index >= 15 is 0 Å². The van der Waals surface area contributed by atoms with Crippen LogP contribution in [0.25, 0.3) is 0 Å². The predicted octanol–water partition coefficient (Wildman–Crippen LogP) is 2.08. The lowest BCUT2D eigenvalue weighted by molar-refractivity contribution is 0.0280. The van der Waals surface area contributed by atoms with E-state index in [9.17, 15) is 5.11 Å². The minimum absolute atomic E-state index is 0.336. The maximum atomic E-state index is 9.93. The summed E-state index contributed by atoms with van der Waals surface area (Å²) in [6.45, 7) is 11.1. The second kappa shape index (κ2) is 11.0. The van der Waals surface area contributed by atoms with Crippen molar-refractivity contribution in [3.05, 3.63) is 35.4 Å². The van der Waals surface area contributed by atoms with Crippen LogP contribution in [0.2, 0.25) is 0 Å². The minimum Gasteiger partial charge on any atom is -0.389 e. The number of hydrogen-bond acceptors (Lipinski definition) is 3. The zero-order chi connectivity index (χ0) is 17.1. The van der Waals surface area contributed by atoms with E-state index in [2.05, 4.69) is 54.6 Å². The first-order valence-electron chi connectivity index (χ1n) is 8.34. The van der Waals surface area contributed by atoms with Crippen LogP contribution in [0.4, 0.5) is 0 Å². The van der Waals surface area contributed by atoms with Gasteiger partial charge in [-0.15, -0.1) is 0 Å². The third-order valence-electron chi connectivity index (χ3n) is 3.11. The first-order valence-corrected chi connectivity index (χ1v) is 8.34. The van der Waals surface area contributed by atoms with Crippen LogP contribution in [-0.2, 0) is 11.3 Å². The molecule has 3 N–H and O–H groups in total. The largest absolute Gasteiger partial charge is 0.389 e. The van der Waals surface area contributed by atoms with Crippen molar-refractivity contribution in [3.63, 3.8) is 0 Å². The molecule has 5 nitrogen and oxygen atoms in total. The normalized spacial score (nSPS) is 13.2. The number of rotatable bonds is 9. The molecule has 0 aliphatic rings. The molecular weight excluding hydrogens is 290 g/mol. The number of nitrogens with zero attached hydrogens (tertiary/aromatic N) is 1. The Bertz CT molecular complexity index is 475. The van der Waals surface area contributed by atoms with Gasteiger partial charge in [-0.3, -0.25) is 0 Å². The fourth-order valence-electron chi connectivity index (χ4n) is 2.04. The van der Waals surface area contributed by atoms with Gasteiger partial charge >= 0.3 is 0 Å². The lowest BCUT2D eigenvalue weighted by Crippen LogP contribution is -2.42. The molecule has 0 aromatic heterocycles. The van der Waals surface area contributed by atoms with Gasteiger partial charge in [-0.2, -0.15) is 0 Å². The van der Waals surface area contributed by atoms with Crippen molar-refractivity contribution in [2.45, 2.75) is 40.3 Å². The van der Waals surface area contributed by atoms with Gasteiger partial charge in [0, 0.05) is 19.7 Å². The van der Waals surface area contributed by atoms with Crippen molar-refractivity contribution in [1.29, 1.82) is 0 Å². The number of aliphatic hydroxyl groups excluding tert-OH is 1. The van der Waals surface area contributed by atoms with Gasteiger partial charge in [0.2, 0.25) is 0 Å². The Balaban J connectivity index is 2.43. The van der Waals surface area contributed by atoms with Gasteiger partial charge in [0.25, 0.3) is 0 Å². The number of aryl methyl sites for hydroxylation is 1. The van der Waals surface area contributed by atoms with Crippen LogP contribution in [0, 0.1) is 12.8 Å². The molecule has 1 aromatic rings. The van der Waals surface area contributed by atoms with E-state index in [-0.39, 0.29) is 0 Å². The molecular formula is C18H31N3O2. The van der Waals surface area contributed by atoms with E-state index in [1.807, 2.05) is 13.0 Å². The molecule has 1 atom stereocenters. The second-order valence-electron chi connectivity index (χ2n) is 6.15. The van der Waals surface area contributed by atoms with Crippen molar-refractivity contribution < 1.29 is 9.84 Å². The Morgan fingerprint density at radius 3 is 2.70 bits per heavy atom. The van der Waals surface area contributed by atoms with Gasteiger partial charge in [0.1, 0.15) is 0 Å². The van der Waals surface area contributed by atoms with Gasteiger partial charge in [-0.25, -0.2) is 4.99 Å².